The normalized spacial score (nSPS) is 11.8. The average Bonchev–Trinajstić information content (AvgIpc) is 2.78. The summed E-state index contributed by atoms with van der Waals surface area (Å²) in [4.78, 5) is 27.8. The van der Waals surface area contributed by atoms with Gasteiger partial charge in [-0.15, -0.1) is 0 Å². The molecule has 1 atom stereocenters. The van der Waals surface area contributed by atoms with Gasteiger partial charge in [0.1, 0.15) is 6.04 Å². The van der Waals surface area contributed by atoms with Gasteiger partial charge in [-0.3, -0.25) is 9.59 Å². The van der Waals surface area contributed by atoms with E-state index in [2.05, 4.69) is 29.6 Å². The van der Waals surface area contributed by atoms with Gasteiger partial charge >= 0.3 is 0 Å². The van der Waals surface area contributed by atoms with Crippen LogP contribution in [0, 0.1) is 6.92 Å². The molecule has 0 aliphatic heterocycles. The van der Waals surface area contributed by atoms with Crippen molar-refractivity contribution in [2.75, 3.05) is 6.54 Å². The van der Waals surface area contributed by atoms with Crippen LogP contribution in [0.15, 0.2) is 66.7 Å². The number of hydrogen-bond acceptors (Lipinski definition) is 2. The maximum Gasteiger partial charge on any atom is 0.242 e. The van der Waals surface area contributed by atoms with Crippen LogP contribution in [0.3, 0.4) is 0 Å². The van der Waals surface area contributed by atoms with Crippen molar-refractivity contribution in [3.05, 3.63) is 83.4 Å². The van der Waals surface area contributed by atoms with Gasteiger partial charge in [0, 0.05) is 19.5 Å². The minimum Gasteiger partial charge on any atom is -0.355 e. The predicted molar refractivity (Wildman–Crippen MR) is 127 cm³/mol. The third-order valence-electron chi connectivity index (χ3n) is 5.70. The van der Waals surface area contributed by atoms with Crippen molar-refractivity contribution in [1.29, 1.82) is 0 Å². The second-order valence-corrected chi connectivity index (χ2v) is 7.96. The van der Waals surface area contributed by atoms with E-state index in [-0.39, 0.29) is 11.8 Å². The Hall–Kier alpha value is -3.14. The summed E-state index contributed by atoms with van der Waals surface area (Å²) < 4.78 is 0. The van der Waals surface area contributed by atoms with Crippen molar-refractivity contribution in [2.24, 2.45) is 0 Å². The standard InChI is InChI=1S/C27H32N2O2/c1-4-25(27(31)28-5-2)29(19-21-15-13-20(3)14-16-21)26(30)18-17-23-11-8-10-22-9-6-7-12-24(22)23/h6-16,25H,4-5,17-19H2,1-3H3,(H,28,31). The molecule has 0 aliphatic carbocycles. The lowest BCUT2D eigenvalue weighted by Gasteiger charge is -2.30. The van der Waals surface area contributed by atoms with E-state index in [1.807, 2.05) is 63.2 Å². The zero-order valence-corrected chi connectivity index (χ0v) is 18.7. The van der Waals surface area contributed by atoms with Gasteiger partial charge in [0.05, 0.1) is 0 Å². The summed E-state index contributed by atoms with van der Waals surface area (Å²) in [5.74, 6) is -0.0813. The Labute approximate surface area is 185 Å². The number of fused-ring (bicyclic) bond motifs is 1. The van der Waals surface area contributed by atoms with Crippen molar-refractivity contribution >= 4 is 22.6 Å². The molecule has 0 spiro atoms. The maximum atomic E-state index is 13.4. The van der Waals surface area contributed by atoms with E-state index in [0.717, 1.165) is 11.1 Å². The van der Waals surface area contributed by atoms with Crippen molar-refractivity contribution in [2.45, 2.75) is 52.6 Å². The third kappa shape index (κ3) is 5.72. The molecule has 0 fully saturated rings. The van der Waals surface area contributed by atoms with E-state index in [4.69, 9.17) is 0 Å². The van der Waals surface area contributed by atoms with E-state index >= 15 is 0 Å². The van der Waals surface area contributed by atoms with Gasteiger partial charge in [0.15, 0.2) is 0 Å². The van der Waals surface area contributed by atoms with Crippen LogP contribution >= 0.6 is 0 Å². The molecule has 0 bridgehead atoms. The first-order valence-corrected chi connectivity index (χ1v) is 11.1. The molecule has 1 N–H and O–H groups in total. The smallest absolute Gasteiger partial charge is 0.242 e. The van der Waals surface area contributed by atoms with Crippen molar-refractivity contribution < 1.29 is 9.59 Å². The average molecular weight is 417 g/mol. The summed E-state index contributed by atoms with van der Waals surface area (Å²) in [6, 6.07) is 22.1. The van der Waals surface area contributed by atoms with Crippen molar-refractivity contribution in [1.82, 2.24) is 10.2 Å². The SMILES string of the molecule is CCNC(=O)C(CC)N(Cc1ccc(C)cc1)C(=O)CCc1cccc2ccccc12. The van der Waals surface area contributed by atoms with Crippen LogP contribution in [-0.2, 0) is 22.6 Å². The molecule has 3 aromatic rings. The minimum atomic E-state index is -0.471. The lowest BCUT2D eigenvalue weighted by Crippen LogP contribution is -2.49. The molecule has 31 heavy (non-hydrogen) atoms. The molecular weight excluding hydrogens is 384 g/mol. The number of likely N-dealkylation sites (N-methyl/N-ethyl adjacent to an activating group) is 1. The zero-order chi connectivity index (χ0) is 22.2. The molecule has 0 aliphatic rings. The summed E-state index contributed by atoms with van der Waals surface area (Å²) in [6.07, 6.45) is 1.60. The van der Waals surface area contributed by atoms with Gasteiger partial charge in [-0.2, -0.15) is 0 Å². The van der Waals surface area contributed by atoms with Crippen LogP contribution in [0.4, 0.5) is 0 Å². The molecule has 3 rings (SSSR count). The van der Waals surface area contributed by atoms with Crippen LogP contribution in [0.25, 0.3) is 10.8 Å². The molecule has 4 heteroatoms. The molecule has 0 heterocycles. The highest BCUT2D eigenvalue weighted by Crippen LogP contribution is 2.21. The van der Waals surface area contributed by atoms with E-state index in [0.29, 0.717) is 32.4 Å². The maximum absolute atomic E-state index is 13.4. The molecule has 1 unspecified atom stereocenters. The Morgan fingerprint density at radius 1 is 0.935 bits per heavy atom. The number of nitrogens with one attached hydrogen (secondary N) is 1. The van der Waals surface area contributed by atoms with E-state index in [1.165, 1.54) is 16.3 Å². The van der Waals surface area contributed by atoms with E-state index in [9.17, 15) is 9.59 Å². The zero-order valence-electron chi connectivity index (χ0n) is 18.7. The first kappa shape index (κ1) is 22.5. The highest BCUT2D eigenvalue weighted by Gasteiger charge is 2.28. The van der Waals surface area contributed by atoms with Crippen LogP contribution in [-0.4, -0.2) is 29.3 Å². The topological polar surface area (TPSA) is 49.4 Å². The Kier molecular flexibility index (Phi) is 7.82. The number of amides is 2. The summed E-state index contributed by atoms with van der Waals surface area (Å²) in [5, 5.41) is 5.25. The summed E-state index contributed by atoms with van der Waals surface area (Å²) >= 11 is 0. The molecule has 3 aromatic carbocycles. The number of benzene rings is 3. The number of aryl methyl sites for hydroxylation is 2. The second kappa shape index (κ2) is 10.8. The second-order valence-electron chi connectivity index (χ2n) is 7.96. The fourth-order valence-electron chi connectivity index (χ4n) is 4.00. The van der Waals surface area contributed by atoms with Crippen LogP contribution in [0.5, 0.6) is 0 Å². The fraction of sp³-hybridized carbons (Fsp3) is 0.333. The van der Waals surface area contributed by atoms with Gasteiger partial charge in [0.2, 0.25) is 11.8 Å². The Morgan fingerprint density at radius 2 is 1.65 bits per heavy atom. The molecule has 4 nitrogen and oxygen atoms in total. The Bertz CT molecular complexity index is 1020. The summed E-state index contributed by atoms with van der Waals surface area (Å²) in [7, 11) is 0. The van der Waals surface area contributed by atoms with Gasteiger partial charge in [-0.25, -0.2) is 0 Å². The van der Waals surface area contributed by atoms with E-state index < -0.39 is 6.04 Å². The molecule has 0 aromatic heterocycles. The number of carbonyl (C=O) groups is 2. The largest absolute Gasteiger partial charge is 0.355 e. The predicted octanol–water partition coefficient (Wildman–Crippen LogP) is 5.02. The van der Waals surface area contributed by atoms with Crippen molar-refractivity contribution in [3.63, 3.8) is 0 Å². The monoisotopic (exact) mass is 416 g/mol. The molecular formula is C27H32N2O2. The van der Waals surface area contributed by atoms with Crippen LogP contribution in [0.1, 0.15) is 43.4 Å². The number of hydrogen-bond donors (Lipinski definition) is 1. The lowest BCUT2D eigenvalue weighted by molar-refractivity contribution is -0.141. The summed E-state index contributed by atoms with van der Waals surface area (Å²) in [5.41, 5.74) is 3.37. The first-order valence-electron chi connectivity index (χ1n) is 11.1. The van der Waals surface area contributed by atoms with Gasteiger partial charge in [-0.1, -0.05) is 79.2 Å². The molecule has 2 amide bonds. The highest BCUT2D eigenvalue weighted by atomic mass is 16.2. The number of rotatable bonds is 9. The molecule has 162 valence electrons. The summed E-state index contributed by atoms with van der Waals surface area (Å²) in [6.45, 7) is 6.89. The molecule has 0 radical (unpaired) electrons. The van der Waals surface area contributed by atoms with Crippen LogP contribution < -0.4 is 5.32 Å². The Morgan fingerprint density at radius 3 is 2.35 bits per heavy atom. The molecule has 0 saturated carbocycles. The molecule has 0 saturated heterocycles. The number of nitrogens with zero attached hydrogens (tertiary/aromatic N) is 1. The fourth-order valence-corrected chi connectivity index (χ4v) is 4.00. The first-order chi connectivity index (χ1) is 15.0. The number of carbonyl (C=O) groups excluding carboxylic acids is 2. The minimum absolute atomic E-state index is 0.00612. The van der Waals surface area contributed by atoms with Gasteiger partial charge in [0.25, 0.3) is 0 Å². The van der Waals surface area contributed by atoms with E-state index in [1.54, 1.807) is 4.90 Å². The quantitative estimate of drug-likeness (QED) is 0.532. The van der Waals surface area contributed by atoms with Crippen LogP contribution in [0.2, 0.25) is 0 Å². The van der Waals surface area contributed by atoms with Gasteiger partial charge in [-0.05, 0) is 48.6 Å². The van der Waals surface area contributed by atoms with Crippen molar-refractivity contribution in [3.8, 4) is 0 Å². The third-order valence-corrected chi connectivity index (χ3v) is 5.70. The lowest BCUT2D eigenvalue weighted by atomic mass is 10.00. The highest BCUT2D eigenvalue weighted by molar-refractivity contribution is 5.89. The Balaban J connectivity index is 1.81. The van der Waals surface area contributed by atoms with Gasteiger partial charge < -0.3 is 10.2 Å².